The number of allylic oxidation sites excluding steroid dienone is 1. The third kappa shape index (κ3) is 3.65. The molecule has 134 valence electrons. The average Bonchev–Trinajstić information content (AvgIpc) is 2.56. The highest BCUT2D eigenvalue weighted by Crippen LogP contribution is 2.27. The van der Waals surface area contributed by atoms with Crippen LogP contribution in [-0.4, -0.2) is 61.0 Å². The Morgan fingerprint density at radius 2 is 1.96 bits per heavy atom. The van der Waals surface area contributed by atoms with Crippen molar-refractivity contribution in [3.8, 4) is 0 Å². The van der Waals surface area contributed by atoms with Crippen molar-refractivity contribution in [2.24, 2.45) is 0 Å². The maximum atomic E-state index is 12.0. The Bertz CT molecular complexity index is 694. The number of hydrogen-bond donors (Lipinski definition) is 5. The predicted octanol–water partition coefficient (Wildman–Crippen LogP) is -1.68. The van der Waals surface area contributed by atoms with Gasteiger partial charge in [0.1, 0.15) is 24.4 Å². The number of hydrogen-bond acceptors (Lipinski definition) is 7. The smallest absolute Gasteiger partial charge is 0.330 e. The lowest BCUT2D eigenvalue weighted by Gasteiger charge is -2.40. The van der Waals surface area contributed by atoms with Crippen molar-refractivity contribution in [1.82, 2.24) is 9.55 Å². The van der Waals surface area contributed by atoms with Crippen LogP contribution in [0.15, 0.2) is 21.9 Å². The second-order valence-electron chi connectivity index (χ2n) is 5.66. The lowest BCUT2D eigenvalue weighted by atomic mass is 9.98. The number of nitrogens with one attached hydrogen (secondary N) is 1. The second kappa shape index (κ2) is 7.86. The van der Waals surface area contributed by atoms with Crippen molar-refractivity contribution in [2.45, 2.75) is 50.4 Å². The SMILES string of the molecule is CCCC=Cc1cn([C@@H]2O[C@H](CO)[C@@H](O)[C@H](O)[C@H]2O)c(=O)[nH]c1=O. The van der Waals surface area contributed by atoms with E-state index in [9.17, 15) is 30.0 Å². The van der Waals surface area contributed by atoms with Crippen LogP contribution in [0.25, 0.3) is 6.08 Å². The van der Waals surface area contributed by atoms with E-state index in [0.717, 1.165) is 17.4 Å². The van der Waals surface area contributed by atoms with Gasteiger partial charge >= 0.3 is 5.69 Å². The van der Waals surface area contributed by atoms with Gasteiger partial charge in [-0.2, -0.15) is 0 Å². The molecule has 0 spiro atoms. The monoisotopic (exact) mass is 342 g/mol. The Kier molecular flexibility index (Phi) is 6.08. The Balaban J connectivity index is 2.41. The molecule has 9 nitrogen and oxygen atoms in total. The van der Waals surface area contributed by atoms with Crippen LogP contribution in [0.4, 0.5) is 0 Å². The van der Waals surface area contributed by atoms with Gasteiger partial charge in [-0.15, -0.1) is 0 Å². The summed E-state index contributed by atoms with van der Waals surface area (Å²) in [6.07, 6.45) is -1.09. The molecule has 0 radical (unpaired) electrons. The minimum absolute atomic E-state index is 0.181. The van der Waals surface area contributed by atoms with Gasteiger partial charge in [-0.05, 0) is 6.42 Å². The van der Waals surface area contributed by atoms with Gasteiger partial charge in [0.05, 0.1) is 12.2 Å². The zero-order chi connectivity index (χ0) is 17.9. The summed E-state index contributed by atoms with van der Waals surface area (Å²) in [5.41, 5.74) is -1.25. The fourth-order valence-corrected chi connectivity index (χ4v) is 2.50. The fraction of sp³-hybridized carbons (Fsp3) is 0.600. The van der Waals surface area contributed by atoms with Crippen molar-refractivity contribution in [3.05, 3.63) is 38.7 Å². The quantitative estimate of drug-likeness (QED) is 0.430. The summed E-state index contributed by atoms with van der Waals surface area (Å²) in [5.74, 6) is 0. The number of aromatic amines is 1. The molecule has 0 amide bonds. The van der Waals surface area contributed by atoms with Crippen LogP contribution >= 0.6 is 0 Å². The number of aliphatic hydroxyl groups excluding tert-OH is 4. The minimum Gasteiger partial charge on any atom is -0.394 e. The summed E-state index contributed by atoms with van der Waals surface area (Å²) in [6.45, 7) is 1.37. The molecular weight excluding hydrogens is 320 g/mol. The van der Waals surface area contributed by atoms with Crippen LogP contribution in [0.3, 0.4) is 0 Å². The molecule has 5 N–H and O–H groups in total. The molecule has 1 aliphatic rings. The van der Waals surface area contributed by atoms with Crippen molar-refractivity contribution in [1.29, 1.82) is 0 Å². The Morgan fingerprint density at radius 3 is 2.58 bits per heavy atom. The van der Waals surface area contributed by atoms with Gasteiger partial charge in [0.15, 0.2) is 6.23 Å². The Morgan fingerprint density at radius 1 is 1.25 bits per heavy atom. The van der Waals surface area contributed by atoms with Crippen LogP contribution in [0.2, 0.25) is 0 Å². The van der Waals surface area contributed by atoms with Crippen molar-refractivity contribution < 1.29 is 25.2 Å². The molecule has 1 aromatic rings. The molecule has 0 aliphatic carbocycles. The molecule has 24 heavy (non-hydrogen) atoms. The molecule has 0 bridgehead atoms. The Labute approximate surface area is 137 Å². The van der Waals surface area contributed by atoms with E-state index in [0.29, 0.717) is 0 Å². The highest BCUT2D eigenvalue weighted by atomic mass is 16.6. The van der Waals surface area contributed by atoms with Gasteiger partial charge in [0.2, 0.25) is 0 Å². The van der Waals surface area contributed by atoms with Crippen LogP contribution in [-0.2, 0) is 4.74 Å². The van der Waals surface area contributed by atoms with E-state index in [1.807, 2.05) is 6.92 Å². The Hall–Kier alpha value is -1.78. The number of unbranched alkanes of at least 4 members (excludes halogenated alkanes) is 1. The van der Waals surface area contributed by atoms with Crippen LogP contribution < -0.4 is 11.2 Å². The van der Waals surface area contributed by atoms with Crippen LogP contribution in [0, 0.1) is 0 Å². The van der Waals surface area contributed by atoms with E-state index < -0.39 is 48.5 Å². The summed E-state index contributed by atoms with van der Waals surface area (Å²) in [7, 11) is 0. The first-order chi connectivity index (χ1) is 11.4. The van der Waals surface area contributed by atoms with Gasteiger partial charge in [0.25, 0.3) is 5.56 Å². The van der Waals surface area contributed by atoms with Crippen molar-refractivity contribution in [2.75, 3.05) is 6.61 Å². The third-order valence-electron chi connectivity index (χ3n) is 3.89. The molecule has 2 rings (SSSR count). The molecular formula is C15H22N2O7. The van der Waals surface area contributed by atoms with Gasteiger partial charge in [-0.25, -0.2) is 4.79 Å². The largest absolute Gasteiger partial charge is 0.394 e. The molecule has 1 saturated heterocycles. The fourth-order valence-electron chi connectivity index (χ4n) is 2.50. The highest BCUT2D eigenvalue weighted by molar-refractivity contribution is 5.46. The molecule has 1 fully saturated rings. The van der Waals surface area contributed by atoms with E-state index in [1.165, 1.54) is 6.20 Å². The maximum Gasteiger partial charge on any atom is 0.330 e. The van der Waals surface area contributed by atoms with Gasteiger partial charge in [0, 0.05) is 6.20 Å². The number of aliphatic hydroxyl groups is 4. The van der Waals surface area contributed by atoms with Gasteiger partial charge in [-0.1, -0.05) is 25.5 Å². The molecule has 1 aromatic heterocycles. The topological polar surface area (TPSA) is 145 Å². The van der Waals surface area contributed by atoms with E-state index >= 15 is 0 Å². The number of ether oxygens (including phenoxy) is 1. The summed E-state index contributed by atoms with van der Waals surface area (Å²) < 4.78 is 6.25. The lowest BCUT2D eigenvalue weighted by molar-refractivity contribution is -0.252. The first-order valence-corrected chi connectivity index (χ1v) is 7.73. The maximum absolute atomic E-state index is 12.0. The number of H-pyrrole nitrogens is 1. The van der Waals surface area contributed by atoms with Crippen molar-refractivity contribution >= 4 is 6.08 Å². The first kappa shape index (κ1) is 18.6. The van der Waals surface area contributed by atoms with E-state index in [4.69, 9.17) is 4.74 Å². The average molecular weight is 342 g/mol. The molecule has 1 aliphatic heterocycles. The zero-order valence-electron chi connectivity index (χ0n) is 13.2. The standard InChI is InChI=1S/C15H22N2O7/c1-2-3-4-5-8-6-17(15(23)16-13(8)22)14-12(21)11(20)10(19)9(7-18)24-14/h4-6,9-12,14,18-21H,2-3,7H2,1H3,(H,16,22,23)/t9-,10-,11+,12-,14-/m1/s1. The normalized spacial score (nSPS) is 30.8. The third-order valence-corrected chi connectivity index (χ3v) is 3.89. The van der Waals surface area contributed by atoms with E-state index in [-0.39, 0.29) is 5.56 Å². The number of rotatable bonds is 5. The zero-order valence-corrected chi connectivity index (χ0v) is 13.2. The second-order valence-corrected chi connectivity index (χ2v) is 5.66. The minimum atomic E-state index is -1.61. The molecule has 5 atom stereocenters. The molecule has 2 heterocycles. The molecule has 0 saturated carbocycles. The summed E-state index contributed by atoms with van der Waals surface area (Å²) in [4.78, 5) is 26.0. The first-order valence-electron chi connectivity index (χ1n) is 7.73. The summed E-state index contributed by atoms with van der Waals surface area (Å²) in [5, 5.41) is 38.9. The summed E-state index contributed by atoms with van der Waals surface area (Å²) >= 11 is 0. The van der Waals surface area contributed by atoms with Gasteiger partial charge in [-0.3, -0.25) is 14.3 Å². The highest BCUT2D eigenvalue weighted by Gasteiger charge is 2.44. The molecule has 0 unspecified atom stereocenters. The molecule has 0 aromatic carbocycles. The number of aromatic nitrogens is 2. The number of nitrogens with zero attached hydrogens (tertiary/aromatic N) is 1. The van der Waals surface area contributed by atoms with E-state index in [2.05, 4.69) is 4.98 Å². The predicted molar refractivity (Wildman–Crippen MR) is 84.3 cm³/mol. The van der Waals surface area contributed by atoms with Crippen LogP contribution in [0.1, 0.15) is 31.6 Å². The van der Waals surface area contributed by atoms with Crippen LogP contribution in [0.5, 0.6) is 0 Å². The lowest BCUT2D eigenvalue weighted by Crippen LogP contribution is -2.58. The van der Waals surface area contributed by atoms with Gasteiger partial charge < -0.3 is 25.2 Å². The van der Waals surface area contributed by atoms with Crippen molar-refractivity contribution in [3.63, 3.8) is 0 Å². The summed E-state index contributed by atoms with van der Waals surface area (Å²) in [6, 6.07) is 0. The molecule has 9 heteroatoms. The van der Waals surface area contributed by atoms with E-state index in [1.54, 1.807) is 12.2 Å².